The monoisotopic (exact) mass is 603 g/mol. The van der Waals surface area contributed by atoms with Gasteiger partial charge in [-0.05, 0) is 42.3 Å². The number of benzene rings is 2. The molecule has 1 atom stereocenters. The Balaban J connectivity index is 1.74. The first-order chi connectivity index (χ1) is 19.5. The molecule has 1 heterocycles. The second-order valence-corrected chi connectivity index (χ2v) is 10.1. The van der Waals surface area contributed by atoms with E-state index < -0.39 is 36.7 Å². The van der Waals surface area contributed by atoms with E-state index >= 15 is 0 Å². The molecule has 0 bridgehead atoms. The average Bonchev–Trinajstić information content (AvgIpc) is 2.94. The third kappa shape index (κ3) is 8.56. The number of carbonyl (C=O) groups is 3. The lowest BCUT2D eigenvalue weighted by molar-refractivity contribution is -0.193. The molecule has 0 spiro atoms. The van der Waals surface area contributed by atoms with E-state index in [9.17, 15) is 14.4 Å². The largest absolute Gasteiger partial charge is 0.493 e. The Morgan fingerprint density at radius 2 is 1.46 bits per heavy atom. The van der Waals surface area contributed by atoms with Gasteiger partial charge >= 0.3 is 11.9 Å². The number of hydroxylamine groups is 2. The van der Waals surface area contributed by atoms with E-state index in [1.165, 1.54) is 31.4 Å². The molecule has 1 aromatic heterocycles. The van der Waals surface area contributed by atoms with Crippen molar-refractivity contribution < 1.29 is 33.4 Å². The molecule has 12 heteroatoms. The van der Waals surface area contributed by atoms with Crippen molar-refractivity contribution in [3.63, 3.8) is 0 Å². The summed E-state index contributed by atoms with van der Waals surface area (Å²) in [6, 6.07) is 14.2. The maximum Gasteiger partial charge on any atom is 0.347 e. The zero-order chi connectivity index (χ0) is 30.1. The number of rotatable bonds is 12. The van der Waals surface area contributed by atoms with Crippen molar-refractivity contribution in [2.24, 2.45) is 5.92 Å². The fourth-order valence-corrected chi connectivity index (χ4v) is 3.96. The highest BCUT2D eigenvalue weighted by molar-refractivity contribution is 6.30. The Labute approximate surface area is 248 Å². The van der Waals surface area contributed by atoms with Gasteiger partial charge in [-0.3, -0.25) is 9.59 Å². The van der Waals surface area contributed by atoms with Crippen LogP contribution in [0.5, 0.6) is 11.5 Å². The number of hydrogen-bond donors (Lipinski definition) is 1. The fourth-order valence-electron chi connectivity index (χ4n) is 3.71. The summed E-state index contributed by atoms with van der Waals surface area (Å²) in [5, 5.41) is 5.08. The summed E-state index contributed by atoms with van der Waals surface area (Å²) in [6.45, 7) is 4.37. The standard InChI is InChI=1S/C29H31Cl2N3O7/c1-17(2)28(36)40-16-39-26-23(38-5)14-15-32-24(26)27(35)33-18(3)29(37)41-34(4)25(19-6-10-21(30)11-7-19)20-8-12-22(31)13-9-20/h6-15,17-18,25H,16H2,1-5H3,(H,33,35). The van der Waals surface area contributed by atoms with Crippen molar-refractivity contribution in [1.82, 2.24) is 15.4 Å². The third-order valence-electron chi connectivity index (χ3n) is 5.85. The van der Waals surface area contributed by atoms with Gasteiger partial charge in [0, 0.05) is 29.4 Å². The van der Waals surface area contributed by atoms with Crippen LogP contribution in [0.4, 0.5) is 0 Å². The van der Waals surface area contributed by atoms with Gasteiger partial charge in [0.25, 0.3) is 5.91 Å². The van der Waals surface area contributed by atoms with Gasteiger partial charge < -0.3 is 24.4 Å². The lowest BCUT2D eigenvalue weighted by atomic mass is 9.99. The predicted octanol–water partition coefficient (Wildman–Crippen LogP) is 5.23. The van der Waals surface area contributed by atoms with Crippen LogP contribution in [0.25, 0.3) is 0 Å². The van der Waals surface area contributed by atoms with Crippen molar-refractivity contribution in [3.05, 3.63) is 87.7 Å². The van der Waals surface area contributed by atoms with Gasteiger partial charge in [0.1, 0.15) is 6.04 Å². The number of nitrogens with one attached hydrogen (secondary N) is 1. The summed E-state index contributed by atoms with van der Waals surface area (Å²) in [6.07, 6.45) is 1.35. The van der Waals surface area contributed by atoms with E-state index in [-0.39, 0.29) is 23.1 Å². The topological polar surface area (TPSA) is 116 Å². The van der Waals surface area contributed by atoms with Crippen LogP contribution in [0.2, 0.25) is 10.0 Å². The fraction of sp³-hybridized carbons (Fsp3) is 0.310. The molecule has 3 aromatic rings. The van der Waals surface area contributed by atoms with Crippen LogP contribution in [-0.4, -0.2) is 54.9 Å². The Kier molecular flexibility index (Phi) is 11.3. The Bertz CT molecular complexity index is 1310. The summed E-state index contributed by atoms with van der Waals surface area (Å²) in [5.74, 6) is -2.16. The molecule has 0 aliphatic heterocycles. The van der Waals surface area contributed by atoms with Crippen molar-refractivity contribution >= 4 is 41.0 Å². The van der Waals surface area contributed by atoms with Crippen LogP contribution < -0.4 is 14.8 Å². The number of hydrogen-bond acceptors (Lipinski definition) is 9. The van der Waals surface area contributed by atoms with Crippen LogP contribution in [0.3, 0.4) is 0 Å². The molecule has 1 amide bonds. The Hall–Kier alpha value is -3.86. The first kappa shape index (κ1) is 31.7. The minimum absolute atomic E-state index is 0.0488. The molecule has 0 saturated heterocycles. The van der Waals surface area contributed by atoms with E-state index in [2.05, 4.69) is 10.3 Å². The zero-order valence-corrected chi connectivity index (χ0v) is 24.7. The maximum absolute atomic E-state index is 13.1. The zero-order valence-electron chi connectivity index (χ0n) is 23.2. The summed E-state index contributed by atoms with van der Waals surface area (Å²) in [7, 11) is 2.99. The SMILES string of the molecule is COc1ccnc(C(=O)NC(C)C(=O)ON(C)C(c2ccc(Cl)cc2)c2ccc(Cl)cc2)c1OCOC(=O)C(C)C. The van der Waals surface area contributed by atoms with Gasteiger partial charge in [-0.1, -0.05) is 61.3 Å². The molecule has 10 nitrogen and oxygen atoms in total. The maximum atomic E-state index is 13.1. The molecule has 0 aliphatic carbocycles. The molecule has 0 aliphatic rings. The molecule has 1 N–H and O–H groups in total. The van der Waals surface area contributed by atoms with E-state index in [0.717, 1.165) is 11.1 Å². The van der Waals surface area contributed by atoms with Gasteiger partial charge in [-0.2, -0.15) is 0 Å². The summed E-state index contributed by atoms with van der Waals surface area (Å²) in [4.78, 5) is 47.7. The summed E-state index contributed by atoms with van der Waals surface area (Å²) < 4.78 is 15.8. The normalized spacial score (nSPS) is 11.8. The number of carbonyl (C=O) groups excluding carboxylic acids is 3. The van der Waals surface area contributed by atoms with Crippen LogP contribution >= 0.6 is 23.2 Å². The van der Waals surface area contributed by atoms with Crippen LogP contribution in [0.1, 0.15) is 48.4 Å². The van der Waals surface area contributed by atoms with Gasteiger partial charge in [-0.15, -0.1) is 5.06 Å². The first-order valence-corrected chi connectivity index (χ1v) is 13.4. The van der Waals surface area contributed by atoms with E-state index in [4.69, 9.17) is 42.3 Å². The minimum atomic E-state index is -1.08. The first-order valence-electron chi connectivity index (χ1n) is 12.6. The number of amides is 1. The van der Waals surface area contributed by atoms with Gasteiger partial charge in [0.2, 0.25) is 6.79 Å². The van der Waals surface area contributed by atoms with Crippen molar-refractivity contribution in [2.45, 2.75) is 32.9 Å². The number of aromatic nitrogens is 1. The predicted molar refractivity (Wildman–Crippen MR) is 153 cm³/mol. The van der Waals surface area contributed by atoms with Crippen LogP contribution in [0.15, 0.2) is 60.8 Å². The van der Waals surface area contributed by atoms with Crippen LogP contribution in [-0.2, 0) is 19.2 Å². The second kappa shape index (κ2) is 14.7. The number of esters is 1. The van der Waals surface area contributed by atoms with E-state index in [0.29, 0.717) is 10.0 Å². The molecule has 0 saturated carbocycles. The molecule has 0 radical (unpaired) electrons. The van der Waals surface area contributed by atoms with Crippen LogP contribution in [0, 0.1) is 5.92 Å². The van der Waals surface area contributed by atoms with Crippen molar-refractivity contribution in [1.29, 1.82) is 0 Å². The molecular weight excluding hydrogens is 573 g/mol. The molecule has 3 rings (SSSR count). The minimum Gasteiger partial charge on any atom is -0.493 e. The summed E-state index contributed by atoms with van der Waals surface area (Å²) >= 11 is 12.1. The highest BCUT2D eigenvalue weighted by Gasteiger charge is 2.28. The van der Waals surface area contributed by atoms with Crippen molar-refractivity contribution in [2.75, 3.05) is 21.0 Å². The van der Waals surface area contributed by atoms with Gasteiger partial charge in [-0.25, -0.2) is 9.78 Å². The number of nitrogens with zero attached hydrogens (tertiary/aromatic N) is 2. The Morgan fingerprint density at radius 3 is 1.98 bits per heavy atom. The molecule has 218 valence electrons. The second-order valence-electron chi connectivity index (χ2n) is 9.23. The molecule has 0 fully saturated rings. The van der Waals surface area contributed by atoms with Gasteiger partial charge in [0.05, 0.1) is 19.1 Å². The average molecular weight is 604 g/mol. The van der Waals surface area contributed by atoms with Crippen molar-refractivity contribution in [3.8, 4) is 11.5 Å². The Morgan fingerprint density at radius 1 is 0.902 bits per heavy atom. The van der Waals surface area contributed by atoms with Gasteiger partial charge in [0.15, 0.2) is 17.2 Å². The number of methoxy groups -OCH3 is 1. The lowest BCUT2D eigenvalue weighted by Crippen LogP contribution is -2.43. The highest BCUT2D eigenvalue weighted by Crippen LogP contribution is 2.31. The number of pyridine rings is 1. The third-order valence-corrected chi connectivity index (χ3v) is 6.35. The van der Waals surface area contributed by atoms with E-state index in [1.54, 1.807) is 45.2 Å². The van der Waals surface area contributed by atoms with E-state index in [1.807, 2.05) is 24.3 Å². The number of halogens is 2. The number of ether oxygens (including phenoxy) is 3. The summed E-state index contributed by atoms with van der Waals surface area (Å²) in [5.41, 5.74) is 1.45. The molecule has 1 unspecified atom stereocenters. The lowest BCUT2D eigenvalue weighted by Gasteiger charge is -2.28. The molecule has 41 heavy (non-hydrogen) atoms. The smallest absolute Gasteiger partial charge is 0.347 e. The molecule has 2 aromatic carbocycles. The molecular formula is C29H31Cl2N3O7. The quantitative estimate of drug-likeness (QED) is 0.169. The highest BCUT2D eigenvalue weighted by atomic mass is 35.5.